The van der Waals surface area contributed by atoms with Gasteiger partial charge in [0.05, 0.1) is 15.9 Å². The molecule has 96 valence electrons. The van der Waals surface area contributed by atoms with Gasteiger partial charge >= 0.3 is 6.18 Å². The van der Waals surface area contributed by atoms with Crippen LogP contribution in [0.5, 0.6) is 0 Å². The second kappa shape index (κ2) is 6.14. The Labute approximate surface area is 115 Å². The minimum Gasteiger partial charge on any atom is -0.372 e. The monoisotopic (exact) mass is 380 g/mol. The third kappa shape index (κ3) is 5.35. The molecule has 0 saturated carbocycles. The molecule has 0 N–H and O–H groups in total. The number of hydrogen-bond acceptors (Lipinski definition) is 3. The van der Waals surface area contributed by atoms with Crippen LogP contribution in [0.1, 0.15) is 11.5 Å². The molecular weight excluding hydrogens is 371 g/mol. The molecule has 0 aliphatic rings. The summed E-state index contributed by atoms with van der Waals surface area (Å²) in [7, 11) is 0. The lowest BCUT2D eigenvalue weighted by Gasteiger charge is -2.08. The molecule has 0 fully saturated rings. The summed E-state index contributed by atoms with van der Waals surface area (Å²) in [4.78, 5) is 8.06. The lowest BCUT2D eigenvalue weighted by atomic mass is 10.4. The van der Waals surface area contributed by atoms with Gasteiger partial charge < -0.3 is 4.74 Å². The summed E-state index contributed by atoms with van der Waals surface area (Å²) in [5.41, 5.74) is 0.705. The van der Waals surface area contributed by atoms with Crippen LogP contribution in [0.25, 0.3) is 0 Å². The fourth-order valence-electron chi connectivity index (χ4n) is 1.04. The van der Waals surface area contributed by atoms with E-state index in [0.717, 1.165) is 3.57 Å². The van der Waals surface area contributed by atoms with Crippen molar-refractivity contribution in [3.63, 3.8) is 0 Å². The molecular formula is C9H9ClF3IN2O. The molecule has 0 atom stereocenters. The first kappa shape index (κ1) is 14.9. The minimum absolute atomic E-state index is 0.0874. The van der Waals surface area contributed by atoms with Crippen LogP contribution in [0.2, 0.25) is 5.15 Å². The maximum atomic E-state index is 11.8. The van der Waals surface area contributed by atoms with Gasteiger partial charge in [-0.2, -0.15) is 13.2 Å². The molecule has 0 aliphatic carbocycles. The normalized spacial score (nSPS) is 11.9. The van der Waals surface area contributed by atoms with E-state index in [1.165, 1.54) is 0 Å². The molecule has 0 saturated heterocycles. The molecule has 17 heavy (non-hydrogen) atoms. The maximum Gasteiger partial charge on any atom is 0.411 e. The van der Waals surface area contributed by atoms with Crippen molar-refractivity contribution in [2.45, 2.75) is 19.5 Å². The number of aromatic nitrogens is 2. The molecule has 0 bridgehead atoms. The Bertz CT molecular complexity index is 377. The average molecular weight is 381 g/mol. The Balaban J connectivity index is 2.48. The Morgan fingerprint density at radius 3 is 2.53 bits per heavy atom. The molecule has 1 rings (SSSR count). The van der Waals surface area contributed by atoms with E-state index in [1.807, 2.05) is 22.6 Å². The van der Waals surface area contributed by atoms with E-state index in [9.17, 15) is 13.2 Å². The van der Waals surface area contributed by atoms with Crippen LogP contribution >= 0.6 is 34.2 Å². The number of hydrogen-bond donors (Lipinski definition) is 0. The predicted molar refractivity (Wildman–Crippen MR) is 65.1 cm³/mol. The zero-order valence-electron chi connectivity index (χ0n) is 8.81. The largest absolute Gasteiger partial charge is 0.411 e. The molecule has 1 heterocycles. The highest BCUT2D eigenvalue weighted by Crippen LogP contribution is 2.18. The molecule has 0 unspecified atom stereocenters. The highest BCUT2D eigenvalue weighted by molar-refractivity contribution is 14.1. The minimum atomic E-state index is -4.31. The smallest absolute Gasteiger partial charge is 0.372 e. The van der Waals surface area contributed by atoms with E-state index >= 15 is 0 Å². The summed E-state index contributed by atoms with van der Waals surface area (Å²) in [5, 5.41) is 0.309. The van der Waals surface area contributed by atoms with E-state index in [4.69, 9.17) is 11.6 Å². The zero-order valence-corrected chi connectivity index (χ0v) is 11.7. The van der Waals surface area contributed by atoms with Crippen molar-refractivity contribution in [2.24, 2.45) is 0 Å². The summed E-state index contributed by atoms with van der Waals surface area (Å²) < 4.78 is 40.6. The Morgan fingerprint density at radius 1 is 1.35 bits per heavy atom. The van der Waals surface area contributed by atoms with Gasteiger partial charge in [0, 0.05) is 6.42 Å². The molecule has 0 spiro atoms. The highest BCUT2D eigenvalue weighted by atomic mass is 127. The Hall–Kier alpha value is -0.150. The van der Waals surface area contributed by atoms with Gasteiger partial charge in [0.15, 0.2) is 0 Å². The fraction of sp³-hybridized carbons (Fsp3) is 0.556. The van der Waals surface area contributed by atoms with Crippen LogP contribution in [0.4, 0.5) is 13.2 Å². The van der Waals surface area contributed by atoms with Gasteiger partial charge in [0.2, 0.25) is 0 Å². The molecule has 1 aromatic rings. The SMILES string of the molecule is Cc1nc(CCOCC(F)(F)F)nc(Cl)c1I. The van der Waals surface area contributed by atoms with Crippen molar-refractivity contribution in [1.29, 1.82) is 0 Å². The highest BCUT2D eigenvalue weighted by Gasteiger charge is 2.27. The van der Waals surface area contributed by atoms with E-state index in [2.05, 4.69) is 14.7 Å². The van der Waals surface area contributed by atoms with Gasteiger partial charge in [-0.1, -0.05) is 11.6 Å². The van der Waals surface area contributed by atoms with Crippen molar-refractivity contribution < 1.29 is 17.9 Å². The van der Waals surface area contributed by atoms with Crippen LogP contribution in [0, 0.1) is 10.5 Å². The van der Waals surface area contributed by atoms with Crippen LogP contribution in [-0.4, -0.2) is 29.4 Å². The topological polar surface area (TPSA) is 35.0 Å². The number of halogens is 5. The maximum absolute atomic E-state index is 11.8. The molecule has 0 aromatic carbocycles. The predicted octanol–water partition coefficient (Wildman–Crippen LogP) is 3.16. The van der Waals surface area contributed by atoms with Crippen LogP contribution in [0.15, 0.2) is 0 Å². The van der Waals surface area contributed by atoms with E-state index in [0.29, 0.717) is 16.7 Å². The lowest BCUT2D eigenvalue weighted by molar-refractivity contribution is -0.173. The van der Waals surface area contributed by atoms with Crippen molar-refractivity contribution in [1.82, 2.24) is 9.97 Å². The molecule has 0 aliphatic heterocycles. The van der Waals surface area contributed by atoms with Gasteiger partial charge in [-0.15, -0.1) is 0 Å². The summed E-state index contributed by atoms with van der Waals surface area (Å²) in [6, 6.07) is 0. The number of alkyl halides is 3. The first-order valence-corrected chi connectivity index (χ1v) is 6.08. The van der Waals surface area contributed by atoms with Crippen LogP contribution in [0.3, 0.4) is 0 Å². The Morgan fingerprint density at radius 2 is 2.00 bits per heavy atom. The number of ether oxygens (including phenoxy) is 1. The van der Waals surface area contributed by atoms with Gasteiger partial charge in [-0.25, -0.2) is 9.97 Å². The molecule has 1 aromatic heterocycles. The van der Waals surface area contributed by atoms with Crippen LogP contribution in [-0.2, 0) is 11.2 Å². The van der Waals surface area contributed by atoms with E-state index in [-0.39, 0.29) is 13.0 Å². The fourth-order valence-corrected chi connectivity index (χ4v) is 1.52. The van der Waals surface area contributed by atoms with Crippen molar-refractivity contribution >= 4 is 34.2 Å². The quantitative estimate of drug-likeness (QED) is 0.457. The first-order valence-electron chi connectivity index (χ1n) is 4.62. The van der Waals surface area contributed by atoms with Crippen molar-refractivity contribution in [3.8, 4) is 0 Å². The molecule has 3 nitrogen and oxygen atoms in total. The standard InChI is InChI=1S/C9H9ClF3IN2O/c1-5-7(14)8(10)16-6(15-5)2-3-17-4-9(11,12)13/h2-4H2,1H3. The number of aryl methyl sites for hydroxylation is 1. The lowest BCUT2D eigenvalue weighted by Crippen LogP contribution is -2.18. The number of nitrogens with zero attached hydrogens (tertiary/aromatic N) is 2. The van der Waals surface area contributed by atoms with E-state index in [1.54, 1.807) is 6.92 Å². The summed E-state index contributed by atoms with van der Waals surface area (Å²) in [5.74, 6) is 0.384. The van der Waals surface area contributed by atoms with Crippen molar-refractivity contribution in [2.75, 3.05) is 13.2 Å². The molecule has 0 radical (unpaired) electrons. The third-order valence-electron chi connectivity index (χ3n) is 1.76. The summed E-state index contributed by atoms with van der Waals surface area (Å²) in [6.45, 7) is 0.412. The van der Waals surface area contributed by atoms with Gasteiger partial charge in [-0.05, 0) is 29.5 Å². The zero-order chi connectivity index (χ0) is 13.1. The number of rotatable bonds is 4. The van der Waals surface area contributed by atoms with Gasteiger partial charge in [-0.3, -0.25) is 0 Å². The summed E-state index contributed by atoms with van der Waals surface area (Å²) in [6.07, 6.45) is -4.10. The van der Waals surface area contributed by atoms with Gasteiger partial charge in [0.25, 0.3) is 0 Å². The second-order valence-electron chi connectivity index (χ2n) is 3.25. The summed E-state index contributed by atoms with van der Waals surface area (Å²) >= 11 is 7.83. The third-order valence-corrected chi connectivity index (χ3v) is 3.64. The van der Waals surface area contributed by atoms with Crippen molar-refractivity contribution in [3.05, 3.63) is 20.2 Å². The average Bonchev–Trinajstić information content (AvgIpc) is 2.19. The van der Waals surface area contributed by atoms with Crippen LogP contribution < -0.4 is 0 Å². The van der Waals surface area contributed by atoms with Gasteiger partial charge in [0.1, 0.15) is 17.6 Å². The second-order valence-corrected chi connectivity index (χ2v) is 4.68. The molecule has 0 amide bonds. The molecule has 8 heteroatoms. The Kier molecular flexibility index (Phi) is 5.39. The van der Waals surface area contributed by atoms with E-state index < -0.39 is 12.8 Å². The first-order chi connectivity index (χ1) is 7.79.